The van der Waals surface area contributed by atoms with Crippen LogP contribution in [0.1, 0.15) is 25.8 Å². The molecule has 0 atom stereocenters. The van der Waals surface area contributed by atoms with E-state index in [2.05, 4.69) is 5.32 Å². The standard InChI is InChI=1S/C13H17NO2/c1-4-12(14-10(2)15)9-11-5-7-13(16-3)8-6-11/h5-9H,4H2,1-3H3,(H,14,15)/b12-9+. The quantitative estimate of drug-likeness (QED) is 0.845. The minimum atomic E-state index is -0.0402. The number of allylic oxidation sites excluding steroid dienone is 1. The third-order valence-electron chi connectivity index (χ3n) is 2.17. The van der Waals surface area contributed by atoms with Crippen LogP contribution in [0.25, 0.3) is 6.08 Å². The summed E-state index contributed by atoms with van der Waals surface area (Å²) in [6, 6.07) is 7.70. The maximum absolute atomic E-state index is 10.9. The Hall–Kier alpha value is -1.77. The highest BCUT2D eigenvalue weighted by molar-refractivity contribution is 5.76. The van der Waals surface area contributed by atoms with Crippen molar-refractivity contribution in [2.75, 3.05) is 7.11 Å². The van der Waals surface area contributed by atoms with E-state index in [-0.39, 0.29) is 5.91 Å². The van der Waals surface area contributed by atoms with Crippen LogP contribution in [0.15, 0.2) is 30.0 Å². The van der Waals surface area contributed by atoms with Gasteiger partial charge in [0.15, 0.2) is 0 Å². The fourth-order valence-electron chi connectivity index (χ4n) is 1.35. The van der Waals surface area contributed by atoms with Crippen LogP contribution in [-0.2, 0) is 4.79 Å². The van der Waals surface area contributed by atoms with Crippen molar-refractivity contribution in [3.63, 3.8) is 0 Å². The maximum Gasteiger partial charge on any atom is 0.220 e. The van der Waals surface area contributed by atoms with E-state index < -0.39 is 0 Å². The molecule has 0 spiro atoms. The Morgan fingerprint density at radius 1 is 1.38 bits per heavy atom. The number of hydrogen-bond acceptors (Lipinski definition) is 2. The normalized spacial score (nSPS) is 11.1. The van der Waals surface area contributed by atoms with Gasteiger partial charge in [-0.2, -0.15) is 0 Å². The average Bonchev–Trinajstić information content (AvgIpc) is 2.28. The molecule has 0 bridgehead atoms. The fraction of sp³-hybridized carbons (Fsp3) is 0.308. The SMILES string of the molecule is CC/C(=C\c1ccc(OC)cc1)NC(C)=O. The second kappa shape index (κ2) is 5.95. The van der Waals surface area contributed by atoms with Crippen LogP contribution in [0, 0.1) is 0 Å². The monoisotopic (exact) mass is 219 g/mol. The highest BCUT2D eigenvalue weighted by Crippen LogP contribution is 2.14. The van der Waals surface area contributed by atoms with Crippen LogP contribution in [0.4, 0.5) is 0 Å². The highest BCUT2D eigenvalue weighted by atomic mass is 16.5. The van der Waals surface area contributed by atoms with E-state index in [4.69, 9.17) is 4.74 Å². The summed E-state index contributed by atoms with van der Waals surface area (Å²) >= 11 is 0. The molecular formula is C13H17NO2. The number of carbonyl (C=O) groups excluding carboxylic acids is 1. The average molecular weight is 219 g/mol. The van der Waals surface area contributed by atoms with Crippen molar-refractivity contribution in [3.05, 3.63) is 35.5 Å². The maximum atomic E-state index is 10.9. The molecule has 86 valence electrons. The van der Waals surface area contributed by atoms with E-state index in [0.717, 1.165) is 23.4 Å². The topological polar surface area (TPSA) is 38.3 Å². The zero-order valence-electron chi connectivity index (χ0n) is 9.91. The van der Waals surface area contributed by atoms with Crippen LogP contribution in [0.3, 0.4) is 0 Å². The van der Waals surface area contributed by atoms with E-state index in [9.17, 15) is 4.79 Å². The van der Waals surface area contributed by atoms with Crippen LogP contribution in [0.2, 0.25) is 0 Å². The van der Waals surface area contributed by atoms with Crippen molar-refractivity contribution >= 4 is 12.0 Å². The van der Waals surface area contributed by atoms with Crippen molar-refractivity contribution in [2.24, 2.45) is 0 Å². The summed E-state index contributed by atoms with van der Waals surface area (Å²) in [6.45, 7) is 3.52. The van der Waals surface area contributed by atoms with Gasteiger partial charge >= 0.3 is 0 Å². The Morgan fingerprint density at radius 3 is 2.44 bits per heavy atom. The number of nitrogens with one attached hydrogen (secondary N) is 1. The van der Waals surface area contributed by atoms with Gasteiger partial charge in [0.1, 0.15) is 5.75 Å². The molecule has 0 aliphatic heterocycles. The lowest BCUT2D eigenvalue weighted by Crippen LogP contribution is -2.18. The van der Waals surface area contributed by atoms with Crippen molar-refractivity contribution in [3.8, 4) is 5.75 Å². The molecule has 16 heavy (non-hydrogen) atoms. The summed E-state index contributed by atoms with van der Waals surface area (Å²) in [5.74, 6) is 0.788. The number of rotatable bonds is 4. The predicted molar refractivity (Wildman–Crippen MR) is 65.1 cm³/mol. The number of ether oxygens (including phenoxy) is 1. The van der Waals surface area contributed by atoms with Crippen molar-refractivity contribution in [1.82, 2.24) is 5.32 Å². The van der Waals surface area contributed by atoms with E-state index in [0.29, 0.717) is 0 Å². The molecule has 0 aliphatic carbocycles. The van der Waals surface area contributed by atoms with Gasteiger partial charge in [-0.05, 0) is 30.2 Å². The Morgan fingerprint density at radius 2 is 2.00 bits per heavy atom. The second-order valence-corrected chi connectivity index (χ2v) is 3.48. The molecule has 0 radical (unpaired) electrons. The Kier molecular flexibility index (Phi) is 4.58. The van der Waals surface area contributed by atoms with Gasteiger partial charge in [-0.25, -0.2) is 0 Å². The molecule has 1 amide bonds. The van der Waals surface area contributed by atoms with E-state index in [1.165, 1.54) is 6.92 Å². The third-order valence-corrected chi connectivity index (χ3v) is 2.17. The molecule has 1 aromatic rings. The fourth-order valence-corrected chi connectivity index (χ4v) is 1.35. The van der Waals surface area contributed by atoms with Gasteiger partial charge in [-0.15, -0.1) is 0 Å². The minimum Gasteiger partial charge on any atom is -0.497 e. The number of amides is 1. The molecule has 0 saturated heterocycles. The lowest BCUT2D eigenvalue weighted by atomic mass is 10.1. The van der Waals surface area contributed by atoms with Crippen LogP contribution in [0.5, 0.6) is 5.75 Å². The van der Waals surface area contributed by atoms with E-state index in [1.54, 1.807) is 7.11 Å². The summed E-state index contributed by atoms with van der Waals surface area (Å²) in [5.41, 5.74) is 1.96. The molecule has 0 aliphatic rings. The molecule has 0 saturated carbocycles. The van der Waals surface area contributed by atoms with E-state index in [1.807, 2.05) is 37.3 Å². The first-order valence-corrected chi connectivity index (χ1v) is 5.28. The third kappa shape index (κ3) is 3.77. The molecule has 0 heterocycles. The largest absolute Gasteiger partial charge is 0.497 e. The number of carbonyl (C=O) groups is 1. The van der Waals surface area contributed by atoms with Crippen LogP contribution >= 0.6 is 0 Å². The Balaban J connectivity index is 2.82. The Labute approximate surface area is 96.1 Å². The first kappa shape index (κ1) is 12.3. The van der Waals surface area contributed by atoms with Crippen LogP contribution in [-0.4, -0.2) is 13.0 Å². The van der Waals surface area contributed by atoms with Crippen molar-refractivity contribution in [2.45, 2.75) is 20.3 Å². The van der Waals surface area contributed by atoms with Crippen molar-refractivity contribution in [1.29, 1.82) is 0 Å². The molecule has 3 nitrogen and oxygen atoms in total. The second-order valence-electron chi connectivity index (χ2n) is 3.48. The summed E-state index contributed by atoms with van der Waals surface area (Å²) in [6.07, 6.45) is 2.76. The van der Waals surface area contributed by atoms with Crippen molar-refractivity contribution < 1.29 is 9.53 Å². The molecule has 0 unspecified atom stereocenters. The van der Waals surface area contributed by atoms with Gasteiger partial charge in [-0.1, -0.05) is 19.1 Å². The predicted octanol–water partition coefficient (Wildman–Crippen LogP) is 2.58. The number of hydrogen-bond donors (Lipinski definition) is 1. The highest BCUT2D eigenvalue weighted by Gasteiger charge is 1.97. The van der Waals surface area contributed by atoms with E-state index >= 15 is 0 Å². The number of methoxy groups -OCH3 is 1. The molecule has 1 rings (SSSR count). The molecule has 0 fully saturated rings. The summed E-state index contributed by atoms with van der Waals surface area (Å²) in [5, 5.41) is 2.80. The van der Waals surface area contributed by atoms with Gasteiger partial charge < -0.3 is 10.1 Å². The van der Waals surface area contributed by atoms with Gasteiger partial charge in [0.05, 0.1) is 7.11 Å². The smallest absolute Gasteiger partial charge is 0.220 e. The molecule has 1 N–H and O–H groups in total. The lowest BCUT2D eigenvalue weighted by molar-refractivity contribution is -0.118. The first-order chi connectivity index (χ1) is 7.65. The summed E-state index contributed by atoms with van der Waals surface area (Å²) in [7, 11) is 1.64. The van der Waals surface area contributed by atoms with Gasteiger partial charge in [0.25, 0.3) is 0 Å². The molecule has 3 heteroatoms. The van der Waals surface area contributed by atoms with Gasteiger partial charge in [-0.3, -0.25) is 4.79 Å². The zero-order valence-corrected chi connectivity index (χ0v) is 9.91. The lowest BCUT2D eigenvalue weighted by Gasteiger charge is -2.05. The van der Waals surface area contributed by atoms with Gasteiger partial charge in [0.2, 0.25) is 5.91 Å². The first-order valence-electron chi connectivity index (χ1n) is 5.28. The summed E-state index contributed by atoms with van der Waals surface area (Å²) < 4.78 is 5.07. The zero-order chi connectivity index (χ0) is 12.0. The minimum absolute atomic E-state index is 0.0402. The number of benzene rings is 1. The van der Waals surface area contributed by atoms with Crippen LogP contribution < -0.4 is 10.1 Å². The molecule has 1 aromatic carbocycles. The summed E-state index contributed by atoms with van der Waals surface area (Å²) in [4.78, 5) is 10.9. The molecule has 0 aromatic heterocycles. The molecular weight excluding hydrogens is 202 g/mol. The Bertz CT molecular complexity index is 379. The van der Waals surface area contributed by atoms with Gasteiger partial charge in [0, 0.05) is 12.6 Å².